The van der Waals surface area contributed by atoms with Crippen molar-refractivity contribution in [3.63, 3.8) is 0 Å². The molecule has 2 aromatic rings. The first-order valence-electron chi connectivity index (χ1n) is 6.92. The van der Waals surface area contributed by atoms with Crippen LogP contribution >= 0.6 is 0 Å². The molecule has 1 aromatic carbocycles. The van der Waals surface area contributed by atoms with E-state index in [4.69, 9.17) is 9.84 Å². The Kier molecular flexibility index (Phi) is 4.31. The van der Waals surface area contributed by atoms with Crippen LogP contribution in [0.5, 0.6) is 5.75 Å². The van der Waals surface area contributed by atoms with Gasteiger partial charge in [0.1, 0.15) is 5.75 Å². The first-order chi connectivity index (χ1) is 9.92. The van der Waals surface area contributed by atoms with Crippen molar-refractivity contribution in [2.45, 2.75) is 39.3 Å². The zero-order valence-corrected chi connectivity index (χ0v) is 12.5. The molecule has 0 amide bonds. The van der Waals surface area contributed by atoms with Crippen LogP contribution in [0.1, 0.15) is 43.2 Å². The molecule has 0 aliphatic carbocycles. The fourth-order valence-corrected chi connectivity index (χ4v) is 1.89. The lowest BCUT2D eigenvalue weighted by Gasteiger charge is -2.23. The van der Waals surface area contributed by atoms with Crippen LogP contribution in [0.2, 0.25) is 0 Å². The van der Waals surface area contributed by atoms with Crippen molar-refractivity contribution in [1.82, 2.24) is 9.78 Å². The van der Waals surface area contributed by atoms with Gasteiger partial charge in [-0.05, 0) is 35.6 Å². The SMILES string of the molecule is CCC(C)(C)c1ccc(OCn2ccc(C(=O)O)n2)cc1. The molecule has 0 bridgehead atoms. The molecule has 0 radical (unpaired) electrons. The lowest BCUT2D eigenvalue weighted by atomic mass is 9.82. The predicted octanol–water partition coefficient (Wildman–Crippen LogP) is 3.31. The van der Waals surface area contributed by atoms with Crippen LogP contribution in [0.3, 0.4) is 0 Å². The topological polar surface area (TPSA) is 64.3 Å². The Balaban J connectivity index is 1.99. The molecule has 21 heavy (non-hydrogen) atoms. The molecule has 0 unspecified atom stereocenters. The molecule has 0 spiro atoms. The Morgan fingerprint density at radius 1 is 1.29 bits per heavy atom. The number of aromatic nitrogens is 2. The number of rotatable bonds is 6. The standard InChI is InChI=1S/C16H20N2O3/c1-4-16(2,3)12-5-7-13(8-6-12)21-11-18-10-9-14(17-18)15(19)20/h5-10H,4,11H2,1-3H3,(H,19,20). The van der Waals surface area contributed by atoms with E-state index in [1.807, 2.05) is 12.1 Å². The van der Waals surface area contributed by atoms with Gasteiger partial charge in [0.25, 0.3) is 0 Å². The number of carboxylic acids is 1. The third kappa shape index (κ3) is 3.62. The minimum Gasteiger partial charge on any atom is -0.476 e. The molecule has 1 heterocycles. The molecule has 1 aromatic heterocycles. The molecule has 2 rings (SSSR count). The van der Waals surface area contributed by atoms with Crippen LogP contribution in [-0.4, -0.2) is 20.9 Å². The molecule has 5 heteroatoms. The van der Waals surface area contributed by atoms with Crippen molar-refractivity contribution in [2.24, 2.45) is 0 Å². The summed E-state index contributed by atoms with van der Waals surface area (Å²) in [6, 6.07) is 9.41. The Labute approximate surface area is 124 Å². The normalized spacial score (nSPS) is 11.4. The van der Waals surface area contributed by atoms with E-state index < -0.39 is 5.97 Å². The van der Waals surface area contributed by atoms with E-state index in [1.54, 1.807) is 6.20 Å². The van der Waals surface area contributed by atoms with Crippen LogP contribution in [0.25, 0.3) is 0 Å². The van der Waals surface area contributed by atoms with E-state index in [1.165, 1.54) is 16.3 Å². The van der Waals surface area contributed by atoms with Gasteiger partial charge in [0.05, 0.1) is 0 Å². The number of ether oxygens (including phenoxy) is 1. The van der Waals surface area contributed by atoms with E-state index in [0.29, 0.717) is 0 Å². The molecule has 0 saturated carbocycles. The minimum absolute atomic E-state index is 0.0126. The molecule has 0 saturated heterocycles. The van der Waals surface area contributed by atoms with Gasteiger partial charge < -0.3 is 9.84 Å². The zero-order valence-electron chi connectivity index (χ0n) is 12.5. The maximum atomic E-state index is 10.7. The predicted molar refractivity (Wildman–Crippen MR) is 79.6 cm³/mol. The van der Waals surface area contributed by atoms with E-state index in [2.05, 4.69) is 38.0 Å². The maximum Gasteiger partial charge on any atom is 0.356 e. The van der Waals surface area contributed by atoms with Gasteiger partial charge in [-0.3, -0.25) is 0 Å². The second-order valence-electron chi connectivity index (χ2n) is 5.58. The molecule has 5 nitrogen and oxygen atoms in total. The summed E-state index contributed by atoms with van der Waals surface area (Å²) < 4.78 is 7.05. The van der Waals surface area contributed by atoms with Crippen molar-refractivity contribution in [3.05, 3.63) is 47.8 Å². The number of aromatic carboxylic acids is 1. The fraction of sp³-hybridized carbons (Fsp3) is 0.375. The van der Waals surface area contributed by atoms with Crippen molar-refractivity contribution in [2.75, 3.05) is 0 Å². The molecule has 0 aliphatic rings. The molecule has 0 aliphatic heterocycles. The molecular weight excluding hydrogens is 268 g/mol. The van der Waals surface area contributed by atoms with Gasteiger partial charge in [-0.1, -0.05) is 32.9 Å². The third-order valence-electron chi connectivity index (χ3n) is 3.74. The highest BCUT2D eigenvalue weighted by Crippen LogP contribution is 2.28. The second kappa shape index (κ2) is 5.99. The number of carbonyl (C=O) groups is 1. The van der Waals surface area contributed by atoms with Gasteiger partial charge in [0, 0.05) is 6.20 Å². The molecule has 0 atom stereocenters. The lowest BCUT2D eigenvalue weighted by molar-refractivity contribution is 0.0688. The Morgan fingerprint density at radius 2 is 1.95 bits per heavy atom. The molecule has 112 valence electrons. The van der Waals surface area contributed by atoms with Gasteiger partial charge in [-0.25, -0.2) is 9.48 Å². The van der Waals surface area contributed by atoms with Gasteiger partial charge in [-0.15, -0.1) is 0 Å². The summed E-state index contributed by atoms with van der Waals surface area (Å²) in [5.74, 6) is -0.307. The number of hydrogen-bond acceptors (Lipinski definition) is 3. The smallest absolute Gasteiger partial charge is 0.356 e. The minimum atomic E-state index is -1.04. The van der Waals surface area contributed by atoms with Crippen molar-refractivity contribution < 1.29 is 14.6 Å². The van der Waals surface area contributed by atoms with E-state index >= 15 is 0 Å². The van der Waals surface area contributed by atoms with Gasteiger partial charge in [0.2, 0.25) is 0 Å². The molecule has 0 fully saturated rings. The quantitative estimate of drug-likeness (QED) is 0.885. The lowest BCUT2D eigenvalue weighted by Crippen LogP contribution is -2.15. The first kappa shape index (κ1) is 15.1. The summed E-state index contributed by atoms with van der Waals surface area (Å²) in [4.78, 5) is 10.7. The number of carboxylic acid groups (broad SMARTS) is 1. The Hall–Kier alpha value is -2.30. The van der Waals surface area contributed by atoms with Crippen LogP contribution < -0.4 is 4.74 Å². The number of benzene rings is 1. The highest BCUT2D eigenvalue weighted by Gasteiger charge is 2.17. The fourth-order valence-electron chi connectivity index (χ4n) is 1.89. The van der Waals surface area contributed by atoms with Crippen LogP contribution in [-0.2, 0) is 12.1 Å². The third-order valence-corrected chi connectivity index (χ3v) is 3.74. The largest absolute Gasteiger partial charge is 0.476 e. The summed E-state index contributed by atoms with van der Waals surface area (Å²) in [5, 5.41) is 12.7. The summed E-state index contributed by atoms with van der Waals surface area (Å²) in [7, 11) is 0. The average Bonchev–Trinajstić information content (AvgIpc) is 2.95. The summed E-state index contributed by atoms with van der Waals surface area (Å²) in [6.07, 6.45) is 2.65. The van der Waals surface area contributed by atoms with Crippen molar-refractivity contribution in [3.8, 4) is 5.75 Å². The molecule has 1 N–H and O–H groups in total. The van der Waals surface area contributed by atoms with Crippen molar-refractivity contribution >= 4 is 5.97 Å². The second-order valence-corrected chi connectivity index (χ2v) is 5.58. The van der Waals surface area contributed by atoms with E-state index in [0.717, 1.165) is 12.2 Å². The Bertz CT molecular complexity index is 615. The monoisotopic (exact) mass is 288 g/mol. The summed E-state index contributed by atoms with van der Waals surface area (Å²) >= 11 is 0. The zero-order chi connectivity index (χ0) is 15.5. The van der Waals surface area contributed by atoms with Crippen LogP contribution in [0.4, 0.5) is 0 Å². The first-order valence-corrected chi connectivity index (χ1v) is 6.92. The highest BCUT2D eigenvalue weighted by molar-refractivity contribution is 5.84. The maximum absolute atomic E-state index is 10.7. The summed E-state index contributed by atoms with van der Waals surface area (Å²) in [5.41, 5.74) is 1.43. The van der Waals surface area contributed by atoms with E-state index in [-0.39, 0.29) is 17.8 Å². The van der Waals surface area contributed by atoms with Crippen LogP contribution in [0, 0.1) is 0 Å². The summed E-state index contributed by atoms with van der Waals surface area (Å²) in [6.45, 7) is 6.77. The number of nitrogens with zero attached hydrogens (tertiary/aromatic N) is 2. The molecular formula is C16H20N2O3. The Morgan fingerprint density at radius 3 is 2.48 bits per heavy atom. The van der Waals surface area contributed by atoms with Gasteiger partial charge in [0.15, 0.2) is 12.4 Å². The highest BCUT2D eigenvalue weighted by atomic mass is 16.5. The van der Waals surface area contributed by atoms with E-state index in [9.17, 15) is 4.79 Å². The number of hydrogen-bond donors (Lipinski definition) is 1. The van der Waals surface area contributed by atoms with Crippen molar-refractivity contribution in [1.29, 1.82) is 0 Å². The van der Waals surface area contributed by atoms with Crippen LogP contribution in [0.15, 0.2) is 36.5 Å². The van der Waals surface area contributed by atoms with Gasteiger partial charge >= 0.3 is 5.97 Å². The van der Waals surface area contributed by atoms with Gasteiger partial charge in [-0.2, -0.15) is 5.10 Å². The average molecular weight is 288 g/mol.